The minimum Gasteiger partial charge on any atom is -0.339 e. The zero-order valence-corrected chi connectivity index (χ0v) is 14.2. The van der Waals surface area contributed by atoms with E-state index in [9.17, 15) is 0 Å². The highest BCUT2D eigenvalue weighted by atomic mass is 15.0. The summed E-state index contributed by atoms with van der Waals surface area (Å²) in [7, 11) is 0. The number of unbranched alkanes of at least 4 members (excludes halogenated alkanes) is 1. The van der Waals surface area contributed by atoms with Crippen LogP contribution in [0, 0.1) is 0 Å². The van der Waals surface area contributed by atoms with Crippen LogP contribution in [0.25, 0.3) is 21.8 Å². The molecule has 0 amide bonds. The van der Waals surface area contributed by atoms with Crippen LogP contribution < -0.4 is 16.8 Å². The van der Waals surface area contributed by atoms with Gasteiger partial charge in [-0.05, 0) is 51.0 Å². The summed E-state index contributed by atoms with van der Waals surface area (Å²) in [5.74, 6) is 0. The molecule has 0 aliphatic carbocycles. The Bertz CT molecular complexity index is 793. The molecule has 24 heavy (non-hydrogen) atoms. The Kier molecular flexibility index (Phi) is 5.80. The highest BCUT2D eigenvalue weighted by molar-refractivity contribution is 6.08. The molecule has 0 atom stereocenters. The van der Waals surface area contributed by atoms with Gasteiger partial charge in [0.05, 0.1) is 11.2 Å². The summed E-state index contributed by atoms with van der Waals surface area (Å²) in [4.78, 5) is 4.65. The molecule has 3 aromatic rings. The Labute approximate surface area is 143 Å². The van der Waals surface area contributed by atoms with Crippen molar-refractivity contribution in [1.29, 1.82) is 0 Å². The van der Waals surface area contributed by atoms with Crippen LogP contribution in [0.2, 0.25) is 0 Å². The van der Waals surface area contributed by atoms with Crippen molar-refractivity contribution >= 4 is 21.8 Å². The average molecular weight is 325 g/mol. The van der Waals surface area contributed by atoms with Crippen molar-refractivity contribution < 1.29 is 0 Å². The molecule has 0 spiro atoms. The van der Waals surface area contributed by atoms with Gasteiger partial charge in [-0.3, -0.25) is 4.98 Å². The SMILES string of the molecule is NCCCCNCc1nccc2c3ccccc3n(CCCN)c12. The van der Waals surface area contributed by atoms with E-state index >= 15 is 0 Å². The van der Waals surface area contributed by atoms with Crippen LogP contribution in [-0.4, -0.2) is 29.2 Å². The molecule has 0 radical (unpaired) electrons. The van der Waals surface area contributed by atoms with E-state index in [1.165, 1.54) is 21.8 Å². The van der Waals surface area contributed by atoms with E-state index < -0.39 is 0 Å². The number of nitrogens with zero attached hydrogens (tertiary/aromatic N) is 2. The molecule has 0 aliphatic heterocycles. The predicted octanol–water partition coefficient (Wildman–Crippen LogP) is 2.37. The number of aryl methyl sites for hydroxylation is 1. The third-order valence-electron chi connectivity index (χ3n) is 4.44. The third kappa shape index (κ3) is 3.43. The van der Waals surface area contributed by atoms with Gasteiger partial charge in [-0.1, -0.05) is 18.2 Å². The standard InChI is InChI=1S/C19H27N5/c20-9-3-4-11-22-14-17-19-16(8-12-23-17)15-6-1-2-7-18(15)24(19)13-5-10-21/h1-2,6-8,12,22H,3-5,9-11,13-14,20-21H2. The molecule has 0 bridgehead atoms. The number of hydrogen-bond donors (Lipinski definition) is 3. The smallest absolute Gasteiger partial charge is 0.0784 e. The molecular formula is C19H27N5. The van der Waals surface area contributed by atoms with Crippen molar-refractivity contribution in [2.75, 3.05) is 19.6 Å². The maximum absolute atomic E-state index is 5.75. The van der Waals surface area contributed by atoms with Gasteiger partial charge in [-0.15, -0.1) is 0 Å². The topological polar surface area (TPSA) is 81.9 Å². The second kappa shape index (κ2) is 8.24. The van der Waals surface area contributed by atoms with Crippen LogP contribution >= 0.6 is 0 Å². The van der Waals surface area contributed by atoms with E-state index in [0.29, 0.717) is 6.54 Å². The lowest BCUT2D eigenvalue weighted by molar-refractivity contribution is 0.619. The summed E-state index contributed by atoms with van der Waals surface area (Å²) in [5, 5.41) is 6.06. The monoisotopic (exact) mass is 325 g/mol. The summed E-state index contributed by atoms with van der Waals surface area (Å²) < 4.78 is 2.38. The molecule has 0 saturated carbocycles. The summed E-state index contributed by atoms with van der Waals surface area (Å²) in [5.41, 5.74) is 14.9. The average Bonchev–Trinajstić information content (AvgIpc) is 2.94. The Morgan fingerprint density at radius 2 is 1.79 bits per heavy atom. The van der Waals surface area contributed by atoms with Crippen molar-refractivity contribution in [2.45, 2.75) is 32.4 Å². The Morgan fingerprint density at radius 1 is 0.958 bits per heavy atom. The van der Waals surface area contributed by atoms with Crippen LogP contribution in [0.1, 0.15) is 25.0 Å². The predicted molar refractivity (Wildman–Crippen MR) is 101 cm³/mol. The number of aromatic nitrogens is 2. The molecule has 128 valence electrons. The normalized spacial score (nSPS) is 11.6. The van der Waals surface area contributed by atoms with Crippen molar-refractivity contribution in [3.63, 3.8) is 0 Å². The highest BCUT2D eigenvalue weighted by Crippen LogP contribution is 2.30. The number of pyridine rings is 1. The minimum absolute atomic E-state index is 0.695. The number of para-hydroxylation sites is 1. The van der Waals surface area contributed by atoms with Crippen molar-refractivity contribution in [3.05, 3.63) is 42.2 Å². The molecule has 1 aromatic carbocycles. The van der Waals surface area contributed by atoms with E-state index in [1.807, 2.05) is 6.20 Å². The largest absolute Gasteiger partial charge is 0.339 e. The van der Waals surface area contributed by atoms with Crippen molar-refractivity contribution in [3.8, 4) is 0 Å². The molecule has 3 rings (SSSR count). The molecule has 0 unspecified atom stereocenters. The Balaban J connectivity index is 1.97. The van der Waals surface area contributed by atoms with Crippen LogP contribution in [0.3, 0.4) is 0 Å². The van der Waals surface area contributed by atoms with E-state index in [0.717, 1.165) is 51.1 Å². The zero-order chi connectivity index (χ0) is 16.8. The fourth-order valence-corrected chi connectivity index (χ4v) is 3.29. The van der Waals surface area contributed by atoms with E-state index in [1.54, 1.807) is 0 Å². The molecule has 2 heterocycles. The maximum atomic E-state index is 5.75. The molecule has 0 saturated heterocycles. The fraction of sp³-hybridized carbons (Fsp3) is 0.421. The van der Waals surface area contributed by atoms with Crippen molar-refractivity contribution in [1.82, 2.24) is 14.9 Å². The molecule has 0 fully saturated rings. The number of hydrogen-bond acceptors (Lipinski definition) is 4. The van der Waals surface area contributed by atoms with E-state index in [4.69, 9.17) is 11.5 Å². The van der Waals surface area contributed by atoms with Crippen molar-refractivity contribution in [2.24, 2.45) is 11.5 Å². The lowest BCUT2D eigenvalue weighted by atomic mass is 10.1. The lowest BCUT2D eigenvalue weighted by Gasteiger charge is -2.10. The number of benzene rings is 1. The summed E-state index contributed by atoms with van der Waals surface area (Å²) in [6.45, 7) is 4.12. The molecule has 5 nitrogen and oxygen atoms in total. The van der Waals surface area contributed by atoms with Gasteiger partial charge < -0.3 is 21.4 Å². The second-order valence-electron chi connectivity index (χ2n) is 6.14. The Hall–Kier alpha value is -1.95. The molecule has 0 aliphatic rings. The molecule has 5 heteroatoms. The van der Waals surface area contributed by atoms with Crippen LogP contribution in [0.5, 0.6) is 0 Å². The zero-order valence-electron chi connectivity index (χ0n) is 14.2. The van der Waals surface area contributed by atoms with Gasteiger partial charge in [-0.2, -0.15) is 0 Å². The van der Waals surface area contributed by atoms with Gasteiger partial charge in [0.1, 0.15) is 0 Å². The second-order valence-corrected chi connectivity index (χ2v) is 6.14. The first-order chi connectivity index (χ1) is 11.9. The van der Waals surface area contributed by atoms with Gasteiger partial charge >= 0.3 is 0 Å². The number of nitrogens with two attached hydrogens (primary N) is 2. The van der Waals surface area contributed by atoms with Gasteiger partial charge in [0.15, 0.2) is 0 Å². The van der Waals surface area contributed by atoms with Gasteiger partial charge in [0.2, 0.25) is 0 Å². The third-order valence-corrected chi connectivity index (χ3v) is 4.44. The lowest BCUT2D eigenvalue weighted by Crippen LogP contribution is -2.17. The van der Waals surface area contributed by atoms with Gasteiger partial charge in [0.25, 0.3) is 0 Å². The first-order valence-corrected chi connectivity index (χ1v) is 8.82. The first kappa shape index (κ1) is 16.9. The van der Waals surface area contributed by atoms with Gasteiger partial charge in [0, 0.05) is 35.6 Å². The molecule has 2 aromatic heterocycles. The van der Waals surface area contributed by atoms with E-state index in [2.05, 4.69) is 45.2 Å². The number of nitrogens with one attached hydrogen (secondary N) is 1. The Morgan fingerprint density at radius 3 is 2.62 bits per heavy atom. The van der Waals surface area contributed by atoms with Gasteiger partial charge in [-0.25, -0.2) is 0 Å². The molecule has 5 N–H and O–H groups in total. The van der Waals surface area contributed by atoms with Crippen LogP contribution in [0.4, 0.5) is 0 Å². The summed E-state index contributed by atoms with van der Waals surface area (Å²) >= 11 is 0. The minimum atomic E-state index is 0.695. The number of rotatable bonds is 9. The quantitative estimate of drug-likeness (QED) is 0.528. The summed E-state index contributed by atoms with van der Waals surface area (Å²) in [6.07, 6.45) is 5.04. The maximum Gasteiger partial charge on any atom is 0.0784 e. The fourth-order valence-electron chi connectivity index (χ4n) is 3.29. The highest BCUT2D eigenvalue weighted by Gasteiger charge is 2.13. The van der Waals surface area contributed by atoms with Crippen LogP contribution in [0.15, 0.2) is 36.5 Å². The first-order valence-electron chi connectivity index (χ1n) is 8.82. The summed E-state index contributed by atoms with van der Waals surface area (Å²) in [6, 6.07) is 10.7. The number of fused-ring (bicyclic) bond motifs is 3. The van der Waals surface area contributed by atoms with Crippen LogP contribution in [-0.2, 0) is 13.1 Å². The van der Waals surface area contributed by atoms with E-state index in [-0.39, 0.29) is 0 Å². The molecular weight excluding hydrogens is 298 g/mol.